The Bertz CT molecular complexity index is 464. The van der Waals surface area contributed by atoms with Crippen molar-refractivity contribution in [1.29, 1.82) is 0 Å². The van der Waals surface area contributed by atoms with Crippen molar-refractivity contribution in [1.82, 2.24) is 0 Å². The minimum atomic E-state index is -0.529. The molecule has 0 aromatic heterocycles. The second kappa shape index (κ2) is 6.34. The van der Waals surface area contributed by atoms with E-state index in [9.17, 15) is 9.18 Å². The number of aryl methyl sites for hydroxylation is 1. The lowest BCUT2D eigenvalue weighted by Gasteiger charge is -2.11. The van der Waals surface area contributed by atoms with Crippen molar-refractivity contribution in [2.45, 2.75) is 40.0 Å². The third-order valence-corrected chi connectivity index (χ3v) is 2.77. The first kappa shape index (κ1) is 14.4. The third-order valence-electron chi connectivity index (χ3n) is 2.77. The first-order chi connectivity index (χ1) is 8.47. The van der Waals surface area contributed by atoms with Crippen molar-refractivity contribution in [3.05, 3.63) is 41.2 Å². The molecular weight excluding hydrogens is 231 g/mol. The third kappa shape index (κ3) is 3.42. The average Bonchev–Trinajstić information content (AvgIpc) is 2.34. The van der Waals surface area contributed by atoms with E-state index in [0.717, 1.165) is 12.8 Å². The maximum Gasteiger partial charge on any atom is 0.338 e. The minimum Gasteiger partial charge on any atom is -0.423 e. The normalized spacial score (nSPS) is 10.2. The number of carbonyl (C=O) groups excluding carboxylic acids is 1. The van der Waals surface area contributed by atoms with Crippen molar-refractivity contribution >= 4 is 5.97 Å². The molecule has 0 radical (unpaired) electrons. The number of carbonyl (C=O) groups is 1. The molecular formula is C15H19FO2. The van der Waals surface area contributed by atoms with E-state index in [1.165, 1.54) is 0 Å². The highest BCUT2D eigenvalue weighted by Crippen LogP contribution is 2.25. The fourth-order valence-corrected chi connectivity index (χ4v) is 1.58. The lowest BCUT2D eigenvalue weighted by atomic mass is 10.0. The molecule has 0 heterocycles. The maximum absolute atomic E-state index is 14.0. The second-order valence-electron chi connectivity index (χ2n) is 4.44. The van der Waals surface area contributed by atoms with Gasteiger partial charge in [0.25, 0.3) is 0 Å². The zero-order valence-electron chi connectivity index (χ0n) is 11.2. The Labute approximate surface area is 107 Å². The maximum atomic E-state index is 14.0. The Hall–Kier alpha value is -1.64. The van der Waals surface area contributed by atoms with E-state index in [0.29, 0.717) is 23.1 Å². The van der Waals surface area contributed by atoms with Crippen LogP contribution in [0.2, 0.25) is 0 Å². The molecule has 3 heteroatoms. The predicted octanol–water partition coefficient (Wildman–Crippen LogP) is 3.96. The van der Waals surface area contributed by atoms with E-state index in [-0.39, 0.29) is 11.6 Å². The summed E-state index contributed by atoms with van der Waals surface area (Å²) >= 11 is 0. The van der Waals surface area contributed by atoms with Gasteiger partial charge in [-0.3, -0.25) is 0 Å². The summed E-state index contributed by atoms with van der Waals surface area (Å²) in [6.07, 6.45) is 2.67. The summed E-state index contributed by atoms with van der Waals surface area (Å²) in [5.74, 6) is -0.546. The second-order valence-corrected chi connectivity index (χ2v) is 4.44. The van der Waals surface area contributed by atoms with E-state index in [1.54, 1.807) is 26.0 Å². The number of hydrogen-bond donors (Lipinski definition) is 0. The zero-order chi connectivity index (χ0) is 13.7. The van der Waals surface area contributed by atoms with Crippen LogP contribution in [0.25, 0.3) is 0 Å². The van der Waals surface area contributed by atoms with Gasteiger partial charge in [0.2, 0.25) is 0 Å². The number of ether oxygens (including phenoxy) is 1. The summed E-state index contributed by atoms with van der Waals surface area (Å²) < 4.78 is 19.1. The Morgan fingerprint density at radius 2 is 2.11 bits per heavy atom. The van der Waals surface area contributed by atoms with Gasteiger partial charge in [-0.05, 0) is 38.3 Å². The van der Waals surface area contributed by atoms with Crippen molar-refractivity contribution in [2.75, 3.05) is 0 Å². The standard InChI is InChI=1S/C15H19FO2/c1-5-6-7-12-8-9-13(11(4)14(12)16)18-15(17)10(2)3/h8-9H,2,5-7H2,1,3-4H3. The Kier molecular flexibility index (Phi) is 5.08. The van der Waals surface area contributed by atoms with Gasteiger partial charge in [-0.25, -0.2) is 9.18 Å². The van der Waals surface area contributed by atoms with Crippen LogP contribution in [-0.2, 0) is 11.2 Å². The van der Waals surface area contributed by atoms with Crippen molar-refractivity contribution in [2.24, 2.45) is 0 Å². The summed E-state index contributed by atoms with van der Waals surface area (Å²) in [7, 11) is 0. The van der Waals surface area contributed by atoms with Gasteiger partial charge in [0.1, 0.15) is 11.6 Å². The quantitative estimate of drug-likeness (QED) is 0.449. The number of rotatable bonds is 5. The summed E-state index contributed by atoms with van der Waals surface area (Å²) in [5.41, 5.74) is 1.34. The molecule has 0 fully saturated rings. The Morgan fingerprint density at radius 3 is 2.67 bits per heavy atom. The highest BCUT2D eigenvalue weighted by atomic mass is 19.1. The van der Waals surface area contributed by atoms with Crippen LogP contribution in [0.5, 0.6) is 5.75 Å². The van der Waals surface area contributed by atoms with E-state index >= 15 is 0 Å². The summed E-state index contributed by atoms with van der Waals surface area (Å²) in [6, 6.07) is 3.32. The van der Waals surface area contributed by atoms with Gasteiger partial charge in [-0.2, -0.15) is 0 Å². The molecule has 0 N–H and O–H groups in total. The van der Waals surface area contributed by atoms with Gasteiger partial charge in [0.15, 0.2) is 0 Å². The zero-order valence-corrected chi connectivity index (χ0v) is 11.2. The van der Waals surface area contributed by atoms with Gasteiger partial charge >= 0.3 is 5.97 Å². The van der Waals surface area contributed by atoms with E-state index in [1.807, 2.05) is 0 Å². The molecule has 0 atom stereocenters. The molecule has 0 amide bonds. The number of halogens is 1. The topological polar surface area (TPSA) is 26.3 Å². The molecule has 0 saturated carbocycles. The van der Waals surface area contributed by atoms with Crippen LogP contribution in [-0.4, -0.2) is 5.97 Å². The number of unbranched alkanes of at least 4 members (excludes halogenated alkanes) is 1. The van der Waals surface area contributed by atoms with Crippen molar-refractivity contribution in [3.8, 4) is 5.75 Å². The van der Waals surface area contributed by atoms with Crippen LogP contribution in [0.3, 0.4) is 0 Å². The van der Waals surface area contributed by atoms with Gasteiger partial charge in [0.05, 0.1) is 0 Å². The molecule has 98 valence electrons. The number of esters is 1. The molecule has 0 bridgehead atoms. The summed E-state index contributed by atoms with van der Waals surface area (Å²) in [6.45, 7) is 8.73. The first-order valence-corrected chi connectivity index (χ1v) is 6.13. The molecule has 0 aliphatic rings. The van der Waals surface area contributed by atoms with Gasteiger partial charge < -0.3 is 4.74 Å². The molecule has 2 nitrogen and oxygen atoms in total. The van der Waals surface area contributed by atoms with Crippen LogP contribution < -0.4 is 4.74 Å². The smallest absolute Gasteiger partial charge is 0.338 e. The minimum absolute atomic E-state index is 0.265. The lowest BCUT2D eigenvalue weighted by Crippen LogP contribution is -2.10. The first-order valence-electron chi connectivity index (χ1n) is 6.13. The van der Waals surface area contributed by atoms with Crippen LogP contribution >= 0.6 is 0 Å². The summed E-state index contributed by atoms with van der Waals surface area (Å²) in [4.78, 5) is 11.4. The van der Waals surface area contributed by atoms with Gasteiger partial charge in [-0.1, -0.05) is 26.0 Å². The van der Waals surface area contributed by atoms with E-state index in [2.05, 4.69) is 13.5 Å². The molecule has 1 rings (SSSR count). The fraction of sp³-hybridized carbons (Fsp3) is 0.400. The molecule has 0 aliphatic heterocycles. The largest absolute Gasteiger partial charge is 0.423 e. The molecule has 1 aromatic carbocycles. The van der Waals surface area contributed by atoms with Crippen molar-refractivity contribution in [3.63, 3.8) is 0 Å². The van der Waals surface area contributed by atoms with Crippen LogP contribution in [0.1, 0.15) is 37.8 Å². The molecule has 0 aliphatic carbocycles. The van der Waals surface area contributed by atoms with E-state index < -0.39 is 5.97 Å². The average molecular weight is 250 g/mol. The molecule has 0 unspecified atom stereocenters. The van der Waals surface area contributed by atoms with E-state index in [4.69, 9.17) is 4.74 Å². The number of benzene rings is 1. The highest BCUT2D eigenvalue weighted by Gasteiger charge is 2.13. The molecule has 0 saturated heterocycles. The van der Waals surface area contributed by atoms with Gasteiger partial charge in [-0.15, -0.1) is 0 Å². The van der Waals surface area contributed by atoms with Crippen molar-refractivity contribution < 1.29 is 13.9 Å². The molecule has 18 heavy (non-hydrogen) atoms. The fourth-order valence-electron chi connectivity index (χ4n) is 1.58. The number of hydrogen-bond acceptors (Lipinski definition) is 2. The van der Waals surface area contributed by atoms with Gasteiger partial charge in [0, 0.05) is 11.1 Å². The summed E-state index contributed by atoms with van der Waals surface area (Å²) in [5, 5.41) is 0. The molecule has 1 aromatic rings. The van der Waals surface area contributed by atoms with Crippen LogP contribution in [0, 0.1) is 12.7 Å². The predicted molar refractivity (Wildman–Crippen MR) is 70.2 cm³/mol. The monoisotopic (exact) mass is 250 g/mol. The van der Waals surface area contributed by atoms with Crippen LogP contribution in [0.4, 0.5) is 4.39 Å². The highest BCUT2D eigenvalue weighted by molar-refractivity contribution is 5.88. The molecule has 0 spiro atoms. The SMILES string of the molecule is C=C(C)C(=O)Oc1ccc(CCCC)c(F)c1C. The Balaban J connectivity index is 2.93. The Morgan fingerprint density at radius 1 is 1.44 bits per heavy atom. The lowest BCUT2D eigenvalue weighted by molar-refractivity contribution is -0.130. The van der Waals surface area contributed by atoms with Crippen LogP contribution in [0.15, 0.2) is 24.3 Å².